The summed E-state index contributed by atoms with van der Waals surface area (Å²) >= 11 is 0. The van der Waals surface area contributed by atoms with E-state index in [9.17, 15) is 0 Å². The monoisotopic (exact) mass is 280 g/mol. The number of aryl methyl sites for hydroxylation is 1. The van der Waals surface area contributed by atoms with E-state index >= 15 is 0 Å². The molecule has 0 heterocycles. The Balaban J connectivity index is 2.62. The van der Waals surface area contributed by atoms with E-state index in [-0.39, 0.29) is 11.6 Å². The van der Waals surface area contributed by atoms with Gasteiger partial charge in [-0.1, -0.05) is 32.9 Å². The van der Waals surface area contributed by atoms with Gasteiger partial charge in [-0.2, -0.15) is 0 Å². The van der Waals surface area contributed by atoms with Crippen LogP contribution in [0.4, 0.5) is 0 Å². The lowest BCUT2D eigenvalue weighted by molar-refractivity contribution is 0.284. The highest BCUT2D eigenvalue weighted by Crippen LogP contribution is 2.37. The number of benzene rings is 1. The van der Waals surface area contributed by atoms with Crippen molar-refractivity contribution in [2.45, 2.75) is 58.2 Å². The maximum atomic E-state index is 8.78. The van der Waals surface area contributed by atoms with Gasteiger partial charge in [0, 0.05) is 6.61 Å². The molecule has 0 aliphatic heterocycles. The lowest BCUT2D eigenvalue weighted by Crippen LogP contribution is -2.43. The first-order valence-corrected chi connectivity index (χ1v) is 10.1. The number of unbranched alkanes of at least 4 members (excludes halogenated alkanes) is 1. The van der Waals surface area contributed by atoms with E-state index < -0.39 is 8.32 Å². The Kier molecular flexibility index (Phi) is 5.62. The van der Waals surface area contributed by atoms with Crippen LogP contribution < -0.4 is 4.43 Å². The summed E-state index contributed by atoms with van der Waals surface area (Å²) in [6.45, 7) is 11.6. The van der Waals surface area contributed by atoms with Gasteiger partial charge in [0.1, 0.15) is 5.75 Å². The summed E-state index contributed by atoms with van der Waals surface area (Å²) in [4.78, 5) is 0. The summed E-state index contributed by atoms with van der Waals surface area (Å²) in [7, 11) is -1.73. The van der Waals surface area contributed by atoms with Gasteiger partial charge in [0.2, 0.25) is 8.32 Å². The smallest absolute Gasteiger partial charge is 0.250 e. The summed E-state index contributed by atoms with van der Waals surface area (Å²) in [6, 6.07) is 8.43. The second-order valence-electron chi connectivity index (χ2n) is 6.69. The van der Waals surface area contributed by atoms with Crippen molar-refractivity contribution in [3.63, 3.8) is 0 Å². The Morgan fingerprint density at radius 1 is 1.05 bits per heavy atom. The predicted octanol–water partition coefficient (Wildman–Crippen LogP) is 4.39. The molecule has 0 aliphatic rings. The minimum Gasteiger partial charge on any atom is -0.544 e. The Morgan fingerprint density at radius 3 is 2.11 bits per heavy atom. The van der Waals surface area contributed by atoms with Gasteiger partial charge in [-0.05, 0) is 55.1 Å². The number of hydrogen-bond acceptors (Lipinski definition) is 2. The Hall–Kier alpha value is -0.803. The molecule has 1 rings (SSSR count). The first-order chi connectivity index (χ1) is 8.76. The lowest BCUT2D eigenvalue weighted by Gasteiger charge is -2.36. The molecular formula is C16H28O2Si. The maximum Gasteiger partial charge on any atom is 0.250 e. The topological polar surface area (TPSA) is 29.5 Å². The van der Waals surface area contributed by atoms with E-state index in [2.05, 4.69) is 58.1 Å². The van der Waals surface area contributed by atoms with Crippen molar-refractivity contribution in [1.82, 2.24) is 0 Å². The zero-order valence-electron chi connectivity index (χ0n) is 13.0. The number of hydrogen-bond donors (Lipinski definition) is 1. The average molecular weight is 280 g/mol. The van der Waals surface area contributed by atoms with Crippen LogP contribution in [0, 0.1) is 0 Å². The van der Waals surface area contributed by atoms with E-state index in [1.807, 2.05) is 0 Å². The first kappa shape index (κ1) is 16.3. The third kappa shape index (κ3) is 5.00. The largest absolute Gasteiger partial charge is 0.544 e. The van der Waals surface area contributed by atoms with Crippen molar-refractivity contribution in [1.29, 1.82) is 0 Å². The van der Waals surface area contributed by atoms with Crippen LogP contribution in [0.5, 0.6) is 5.75 Å². The molecule has 0 aromatic heterocycles. The quantitative estimate of drug-likeness (QED) is 0.619. The molecule has 0 amide bonds. The van der Waals surface area contributed by atoms with Crippen molar-refractivity contribution >= 4 is 8.32 Å². The highest BCUT2D eigenvalue weighted by atomic mass is 28.4. The summed E-state index contributed by atoms with van der Waals surface area (Å²) in [5.74, 6) is 0.984. The lowest BCUT2D eigenvalue weighted by atomic mass is 10.1. The molecule has 3 heteroatoms. The van der Waals surface area contributed by atoms with Gasteiger partial charge in [0.25, 0.3) is 0 Å². The van der Waals surface area contributed by atoms with Gasteiger partial charge in [-0.3, -0.25) is 0 Å². The fourth-order valence-electron chi connectivity index (χ4n) is 1.61. The van der Waals surface area contributed by atoms with Crippen molar-refractivity contribution in [2.24, 2.45) is 0 Å². The van der Waals surface area contributed by atoms with Crippen LogP contribution >= 0.6 is 0 Å². The Morgan fingerprint density at radius 2 is 1.63 bits per heavy atom. The van der Waals surface area contributed by atoms with Crippen LogP contribution in [0.3, 0.4) is 0 Å². The predicted molar refractivity (Wildman–Crippen MR) is 84.3 cm³/mol. The molecule has 108 valence electrons. The minimum atomic E-state index is -1.73. The molecule has 0 fully saturated rings. The van der Waals surface area contributed by atoms with Gasteiger partial charge < -0.3 is 9.53 Å². The molecule has 0 radical (unpaired) electrons. The van der Waals surface area contributed by atoms with Crippen LogP contribution in [0.2, 0.25) is 18.1 Å². The molecule has 0 bridgehead atoms. The second kappa shape index (κ2) is 6.57. The Labute approximate surface area is 118 Å². The second-order valence-corrected chi connectivity index (χ2v) is 11.4. The minimum absolute atomic E-state index is 0.229. The van der Waals surface area contributed by atoms with E-state index in [0.29, 0.717) is 0 Å². The van der Waals surface area contributed by atoms with Gasteiger partial charge in [0.15, 0.2) is 0 Å². The van der Waals surface area contributed by atoms with Crippen molar-refractivity contribution < 1.29 is 9.53 Å². The van der Waals surface area contributed by atoms with Gasteiger partial charge in [-0.25, -0.2) is 0 Å². The Bertz CT molecular complexity index is 377. The molecule has 2 nitrogen and oxygen atoms in total. The van der Waals surface area contributed by atoms with E-state index in [1.54, 1.807) is 0 Å². The van der Waals surface area contributed by atoms with Crippen LogP contribution in [0.25, 0.3) is 0 Å². The number of aliphatic hydroxyl groups excluding tert-OH is 1. The number of aliphatic hydroxyl groups is 1. The molecular weight excluding hydrogens is 252 g/mol. The standard InChI is InChI=1S/C16H28O2Si/c1-16(2,3)19(4,5)18-15-11-9-14(10-12-15)8-6-7-13-17/h9-12,17H,6-8,13H2,1-5H3. The van der Waals surface area contributed by atoms with Crippen molar-refractivity contribution in [2.75, 3.05) is 6.61 Å². The molecule has 0 unspecified atom stereocenters. The highest BCUT2D eigenvalue weighted by molar-refractivity contribution is 6.74. The third-order valence-electron chi connectivity index (χ3n) is 3.98. The van der Waals surface area contributed by atoms with Gasteiger partial charge in [-0.15, -0.1) is 0 Å². The normalized spacial score (nSPS) is 12.5. The van der Waals surface area contributed by atoms with Crippen LogP contribution in [0.1, 0.15) is 39.2 Å². The molecule has 0 spiro atoms. The summed E-state index contributed by atoms with van der Waals surface area (Å²) < 4.78 is 6.25. The van der Waals surface area contributed by atoms with E-state index in [1.165, 1.54) is 5.56 Å². The van der Waals surface area contributed by atoms with Crippen LogP contribution in [-0.2, 0) is 6.42 Å². The fraction of sp³-hybridized carbons (Fsp3) is 0.625. The van der Waals surface area contributed by atoms with E-state index in [4.69, 9.17) is 9.53 Å². The molecule has 1 N–H and O–H groups in total. The maximum absolute atomic E-state index is 8.78. The van der Waals surface area contributed by atoms with Crippen molar-refractivity contribution in [3.8, 4) is 5.75 Å². The third-order valence-corrected chi connectivity index (χ3v) is 8.33. The van der Waals surface area contributed by atoms with Crippen molar-refractivity contribution in [3.05, 3.63) is 29.8 Å². The molecule has 0 atom stereocenters. The average Bonchev–Trinajstić information content (AvgIpc) is 2.30. The number of rotatable bonds is 6. The van der Waals surface area contributed by atoms with Gasteiger partial charge >= 0.3 is 0 Å². The summed E-state index contributed by atoms with van der Waals surface area (Å²) in [5, 5.41) is 9.01. The molecule has 0 saturated heterocycles. The molecule has 0 saturated carbocycles. The zero-order valence-corrected chi connectivity index (χ0v) is 14.0. The highest BCUT2D eigenvalue weighted by Gasteiger charge is 2.38. The van der Waals surface area contributed by atoms with Gasteiger partial charge in [0.05, 0.1) is 0 Å². The summed E-state index contributed by atoms with van der Waals surface area (Å²) in [6.07, 6.45) is 2.95. The summed E-state index contributed by atoms with van der Waals surface area (Å²) in [5.41, 5.74) is 1.32. The van der Waals surface area contributed by atoms with E-state index in [0.717, 1.165) is 25.0 Å². The molecule has 19 heavy (non-hydrogen) atoms. The molecule has 1 aromatic rings. The van der Waals surface area contributed by atoms with Crippen LogP contribution in [-0.4, -0.2) is 20.0 Å². The molecule has 1 aromatic carbocycles. The first-order valence-electron chi connectivity index (χ1n) is 7.15. The zero-order chi connectivity index (χ0) is 14.5. The van der Waals surface area contributed by atoms with Crippen LogP contribution in [0.15, 0.2) is 24.3 Å². The molecule has 0 aliphatic carbocycles. The fourth-order valence-corrected chi connectivity index (χ4v) is 2.64. The SMILES string of the molecule is CC(C)(C)[Si](C)(C)Oc1ccc(CCCCO)cc1.